The minimum atomic E-state index is 0.478. The molecule has 0 spiro atoms. The molecular formula is C10H11Br3. The van der Waals surface area contributed by atoms with Gasteiger partial charge in [-0.3, -0.25) is 0 Å². The molecule has 0 saturated carbocycles. The van der Waals surface area contributed by atoms with E-state index in [1.165, 1.54) is 10.0 Å². The third kappa shape index (κ3) is 3.72. The number of hydrogen-bond acceptors (Lipinski definition) is 0. The van der Waals surface area contributed by atoms with Crippen molar-refractivity contribution in [2.45, 2.75) is 23.0 Å². The monoisotopic (exact) mass is 368 g/mol. The Balaban J connectivity index is 2.69. The van der Waals surface area contributed by atoms with Crippen LogP contribution in [0, 0.1) is 0 Å². The number of hydrogen-bond donors (Lipinski definition) is 0. The molecule has 2 atom stereocenters. The van der Waals surface area contributed by atoms with E-state index >= 15 is 0 Å². The number of halogens is 3. The largest absolute Gasteiger partial charge is 0.0881 e. The van der Waals surface area contributed by atoms with Gasteiger partial charge in [0.2, 0.25) is 0 Å². The SMILES string of the molecule is CC(Br)C(Br)Cc1ccccc1Br. The summed E-state index contributed by atoms with van der Waals surface area (Å²) in [4.78, 5) is 0.964. The first-order valence-corrected chi connectivity index (χ1v) is 6.75. The van der Waals surface area contributed by atoms with Crippen molar-refractivity contribution in [2.24, 2.45) is 0 Å². The molecule has 1 aromatic rings. The van der Waals surface area contributed by atoms with Crippen LogP contribution in [-0.2, 0) is 6.42 Å². The molecule has 0 aliphatic rings. The van der Waals surface area contributed by atoms with Crippen LogP contribution >= 0.6 is 47.8 Å². The summed E-state index contributed by atoms with van der Waals surface area (Å²) in [5.41, 5.74) is 1.34. The Morgan fingerprint density at radius 3 is 2.38 bits per heavy atom. The molecule has 0 N–H and O–H groups in total. The predicted octanol–water partition coefficient (Wildman–Crippen LogP) is 4.54. The molecule has 3 heteroatoms. The average Bonchev–Trinajstić information content (AvgIpc) is 2.08. The first-order valence-electron chi connectivity index (χ1n) is 4.13. The van der Waals surface area contributed by atoms with Crippen molar-refractivity contribution >= 4 is 47.8 Å². The maximum absolute atomic E-state index is 3.65. The van der Waals surface area contributed by atoms with E-state index in [9.17, 15) is 0 Å². The van der Waals surface area contributed by atoms with Gasteiger partial charge in [-0.05, 0) is 18.1 Å². The predicted molar refractivity (Wildman–Crippen MR) is 69.0 cm³/mol. The van der Waals surface area contributed by atoms with Crippen molar-refractivity contribution < 1.29 is 0 Å². The molecular weight excluding hydrogens is 360 g/mol. The van der Waals surface area contributed by atoms with Crippen LogP contribution in [0.2, 0.25) is 0 Å². The lowest BCUT2D eigenvalue weighted by molar-refractivity contribution is 0.854. The fourth-order valence-electron chi connectivity index (χ4n) is 1.04. The Morgan fingerprint density at radius 1 is 1.23 bits per heavy atom. The molecule has 0 heterocycles. The number of benzene rings is 1. The van der Waals surface area contributed by atoms with Gasteiger partial charge in [-0.1, -0.05) is 72.9 Å². The summed E-state index contributed by atoms with van der Waals surface area (Å²) in [7, 11) is 0. The second-order valence-electron chi connectivity index (χ2n) is 2.99. The van der Waals surface area contributed by atoms with Crippen LogP contribution in [0.3, 0.4) is 0 Å². The van der Waals surface area contributed by atoms with Crippen LogP contribution in [0.15, 0.2) is 28.7 Å². The highest BCUT2D eigenvalue weighted by Crippen LogP contribution is 2.23. The van der Waals surface area contributed by atoms with E-state index in [2.05, 4.69) is 72.9 Å². The van der Waals surface area contributed by atoms with Gasteiger partial charge in [0.05, 0.1) is 0 Å². The van der Waals surface area contributed by atoms with Gasteiger partial charge in [0.1, 0.15) is 0 Å². The summed E-state index contributed by atoms with van der Waals surface area (Å²) in [6.45, 7) is 2.15. The molecule has 0 fully saturated rings. The molecule has 0 aromatic heterocycles. The zero-order valence-electron chi connectivity index (χ0n) is 7.31. The van der Waals surface area contributed by atoms with E-state index in [1.807, 2.05) is 6.07 Å². The van der Waals surface area contributed by atoms with Crippen LogP contribution in [0.4, 0.5) is 0 Å². The van der Waals surface area contributed by atoms with E-state index in [-0.39, 0.29) is 0 Å². The normalized spacial score (nSPS) is 15.4. The van der Waals surface area contributed by atoms with Crippen molar-refractivity contribution in [1.29, 1.82) is 0 Å². The zero-order chi connectivity index (χ0) is 9.84. The molecule has 0 aliphatic heterocycles. The first-order chi connectivity index (χ1) is 6.11. The quantitative estimate of drug-likeness (QED) is 0.685. The highest BCUT2D eigenvalue weighted by Gasteiger charge is 2.12. The topological polar surface area (TPSA) is 0 Å². The van der Waals surface area contributed by atoms with E-state index in [1.54, 1.807) is 0 Å². The molecule has 0 bridgehead atoms. The molecule has 0 nitrogen and oxygen atoms in total. The third-order valence-corrected chi connectivity index (χ3v) is 5.11. The van der Waals surface area contributed by atoms with Gasteiger partial charge in [0.15, 0.2) is 0 Å². The van der Waals surface area contributed by atoms with E-state index < -0.39 is 0 Å². The van der Waals surface area contributed by atoms with Gasteiger partial charge in [-0.25, -0.2) is 0 Å². The Kier molecular flexibility index (Phi) is 4.98. The van der Waals surface area contributed by atoms with Crippen LogP contribution in [0.1, 0.15) is 12.5 Å². The maximum Gasteiger partial charge on any atom is 0.0309 e. The lowest BCUT2D eigenvalue weighted by Crippen LogP contribution is -2.13. The zero-order valence-corrected chi connectivity index (χ0v) is 12.1. The van der Waals surface area contributed by atoms with Gasteiger partial charge in [-0.2, -0.15) is 0 Å². The van der Waals surface area contributed by atoms with Gasteiger partial charge in [0.25, 0.3) is 0 Å². The summed E-state index contributed by atoms with van der Waals surface area (Å²) in [6, 6.07) is 8.33. The molecule has 72 valence electrons. The van der Waals surface area contributed by atoms with Crippen molar-refractivity contribution in [3.8, 4) is 0 Å². The van der Waals surface area contributed by atoms with Crippen LogP contribution in [0.25, 0.3) is 0 Å². The molecule has 1 rings (SSSR count). The lowest BCUT2D eigenvalue weighted by atomic mass is 10.1. The Hall–Kier alpha value is 0.660. The van der Waals surface area contributed by atoms with Gasteiger partial charge in [0, 0.05) is 14.1 Å². The molecule has 0 saturated heterocycles. The summed E-state index contributed by atoms with van der Waals surface area (Å²) >= 11 is 10.7. The van der Waals surface area contributed by atoms with Crippen LogP contribution < -0.4 is 0 Å². The standard InChI is InChI=1S/C10H11Br3/c1-7(11)10(13)6-8-4-2-3-5-9(8)12/h2-5,7,10H,6H2,1H3. The Bertz CT molecular complexity index is 271. The molecule has 1 aromatic carbocycles. The van der Waals surface area contributed by atoms with Crippen LogP contribution in [0.5, 0.6) is 0 Å². The van der Waals surface area contributed by atoms with Crippen molar-refractivity contribution in [3.05, 3.63) is 34.3 Å². The van der Waals surface area contributed by atoms with E-state index in [0.717, 1.165) is 6.42 Å². The fourth-order valence-corrected chi connectivity index (χ4v) is 2.02. The summed E-state index contributed by atoms with van der Waals surface area (Å²) in [5.74, 6) is 0. The molecule has 0 aliphatic carbocycles. The summed E-state index contributed by atoms with van der Waals surface area (Å²) in [5, 5.41) is 0. The Morgan fingerprint density at radius 2 is 1.85 bits per heavy atom. The third-order valence-electron chi connectivity index (χ3n) is 1.87. The smallest absolute Gasteiger partial charge is 0.0309 e. The summed E-state index contributed by atoms with van der Waals surface area (Å²) < 4.78 is 1.19. The molecule has 13 heavy (non-hydrogen) atoms. The molecule has 0 amide bonds. The fraction of sp³-hybridized carbons (Fsp3) is 0.400. The van der Waals surface area contributed by atoms with Crippen LogP contribution in [-0.4, -0.2) is 9.65 Å². The minimum absolute atomic E-state index is 0.478. The highest BCUT2D eigenvalue weighted by atomic mass is 79.9. The van der Waals surface area contributed by atoms with Gasteiger partial charge in [-0.15, -0.1) is 0 Å². The second-order valence-corrected chi connectivity index (χ2v) is 6.46. The van der Waals surface area contributed by atoms with Gasteiger partial charge >= 0.3 is 0 Å². The Labute approximate surface area is 104 Å². The summed E-state index contributed by atoms with van der Waals surface area (Å²) in [6.07, 6.45) is 1.04. The van der Waals surface area contributed by atoms with E-state index in [0.29, 0.717) is 9.65 Å². The van der Waals surface area contributed by atoms with Crippen molar-refractivity contribution in [1.82, 2.24) is 0 Å². The van der Waals surface area contributed by atoms with Crippen molar-refractivity contribution in [2.75, 3.05) is 0 Å². The first kappa shape index (κ1) is 11.7. The second kappa shape index (κ2) is 5.52. The van der Waals surface area contributed by atoms with Gasteiger partial charge < -0.3 is 0 Å². The maximum atomic E-state index is 3.65. The minimum Gasteiger partial charge on any atom is -0.0881 e. The number of alkyl halides is 2. The number of rotatable bonds is 3. The molecule has 2 unspecified atom stereocenters. The lowest BCUT2D eigenvalue weighted by Gasteiger charge is -2.13. The molecule has 0 radical (unpaired) electrons. The van der Waals surface area contributed by atoms with Crippen molar-refractivity contribution in [3.63, 3.8) is 0 Å². The average molecular weight is 371 g/mol. The van der Waals surface area contributed by atoms with E-state index in [4.69, 9.17) is 0 Å². The highest BCUT2D eigenvalue weighted by molar-refractivity contribution is 9.12.